The zero-order valence-corrected chi connectivity index (χ0v) is 14.8. The van der Waals surface area contributed by atoms with Crippen LogP contribution in [0.5, 0.6) is 0 Å². The molecule has 7 nitrogen and oxygen atoms in total. The van der Waals surface area contributed by atoms with Crippen molar-refractivity contribution < 1.29 is 9.32 Å². The van der Waals surface area contributed by atoms with Crippen molar-refractivity contribution in [2.24, 2.45) is 0 Å². The van der Waals surface area contributed by atoms with E-state index in [4.69, 9.17) is 4.52 Å². The highest BCUT2D eigenvalue weighted by Gasteiger charge is 2.26. The Kier molecular flexibility index (Phi) is 4.28. The van der Waals surface area contributed by atoms with Crippen molar-refractivity contribution in [2.75, 3.05) is 0 Å². The van der Waals surface area contributed by atoms with Crippen LogP contribution in [0, 0.1) is 0 Å². The minimum absolute atomic E-state index is 0.000984. The highest BCUT2D eigenvalue weighted by atomic mass is 16.5. The quantitative estimate of drug-likeness (QED) is 0.781. The summed E-state index contributed by atoms with van der Waals surface area (Å²) in [5, 5.41) is 15.6. The number of nitrogens with one attached hydrogen (secondary N) is 1. The maximum Gasteiger partial charge on any atom is 0.290 e. The number of fused-ring (bicyclic) bond motifs is 1. The summed E-state index contributed by atoms with van der Waals surface area (Å²) in [4.78, 5) is 12.5. The van der Waals surface area contributed by atoms with Crippen molar-refractivity contribution in [3.63, 3.8) is 0 Å². The minimum Gasteiger partial charge on any atom is -0.351 e. The van der Waals surface area contributed by atoms with Crippen molar-refractivity contribution >= 4 is 5.91 Å². The molecule has 0 spiro atoms. The third-order valence-electron chi connectivity index (χ3n) is 4.66. The molecule has 26 heavy (non-hydrogen) atoms. The van der Waals surface area contributed by atoms with Crippen LogP contribution in [0.3, 0.4) is 0 Å². The summed E-state index contributed by atoms with van der Waals surface area (Å²) in [6.45, 7) is 4.67. The van der Waals surface area contributed by atoms with E-state index in [1.165, 1.54) is 0 Å². The number of amides is 1. The lowest BCUT2D eigenvalue weighted by atomic mass is 10.1. The van der Waals surface area contributed by atoms with Gasteiger partial charge in [-0.15, -0.1) is 10.2 Å². The normalized spacial score (nSPS) is 16.5. The molecule has 3 heterocycles. The molecule has 1 aromatic carbocycles. The van der Waals surface area contributed by atoms with E-state index >= 15 is 0 Å². The number of aryl methyl sites for hydroxylation is 1. The van der Waals surface area contributed by atoms with Gasteiger partial charge in [-0.1, -0.05) is 49.3 Å². The topological polar surface area (TPSA) is 85.8 Å². The predicted octanol–water partition coefficient (Wildman–Crippen LogP) is 2.80. The summed E-state index contributed by atoms with van der Waals surface area (Å²) in [7, 11) is 0. The van der Waals surface area contributed by atoms with E-state index in [2.05, 4.69) is 25.2 Å². The average molecular weight is 351 g/mol. The molecule has 1 unspecified atom stereocenters. The van der Waals surface area contributed by atoms with Crippen molar-refractivity contribution in [3.8, 4) is 11.4 Å². The molecule has 7 heteroatoms. The second-order valence-electron chi connectivity index (χ2n) is 6.90. The van der Waals surface area contributed by atoms with Crippen LogP contribution in [0.15, 0.2) is 40.9 Å². The molecule has 3 aromatic rings. The second kappa shape index (κ2) is 6.74. The molecule has 4 rings (SSSR count). The zero-order valence-electron chi connectivity index (χ0n) is 14.8. The minimum atomic E-state index is -0.229. The van der Waals surface area contributed by atoms with E-state index in [9.17, 15) is 4.79 Å². The van der Waals surface area contributed by atoms with E-state index in [0.717, 1.165) is 35.7 Å². The van der Waals surface area contributed by atoms with Gasteiger partial charge in [0.25, 0.3) is 5.91 Å². The van der Waals surface area contributed by atoms with Crippen LogP contribution in [-0.2, 0) is 13.0 Å². The molecule has 2 aromatic heterocycles. The SMILES string of the molecule is CC(C)c1cc(C(=O)NC2CCc3nnc(-c4ccccc4)n3C2)on1. The first-order valence-electron chi connectivity index (χ1n) is 8.87. The number of hydrogen-bond acceptors (Lipinski definition) is 5. The van der Waals surface area contributed by atoms with Crippen LogP contribution in [0.1, 0.15) is 48.3 Å². The maximum atomic E-state index is 12.5. The molecule has 0 saturated heterocycles. The smallest absolute Gasteiger partial charge is 0.290 e. The molecule has 0 aliphatic carbocycles. The van der Waals surface area contributed by atoms with Gasteiger partial charge < -0.3 is 14.4 Å². The Labute approximate surface area is 151 Å². The van der Waals surface area contributed by atoms with E-state index in [1.807, 2.05) is 44.2 Å². The van der Waals surface area contributed by atoms with Crippen molar-refractivity contribution in [1.82, 2.24) is 25.2 Å². The molecule has 1 amide bonds. The lowest BCUT2D eigenvalue weighted by molar-refractivity contribution is 0.0890. The number of hydrogen-bond donors (Lipinski definition) is 1. The Bertz CT molecular complexity index is 913. The van der Waals surface area contributed by atoms with E-state index < -0.39 is 0 Å². The first-order valence-corrected chi connectivity index (χ1v) is 8.87. The Balaban J connectivity index is 1.50. The van der Waals surface area contributed by atoms with Crippen LogP contribution in [-0.4, -0.2) is 31.9 Å². The second-order valence-corrected chi connectivity index (χ2v) is 6.90. The first kappa shape index (κ1) is 16.5. The maximum absolute atomic E-state index is 12.5. The number of benzene rings is 1. The van der Waals surface area contributed by atoms with Gasteiger partial charge in [-0.3, -0.25) is 4.79 Å². The Morgan fingerprint density at radius 3 is 2.81 bits per heavy atom. The largest absolute Gasteiger partial charge is 0.351 e. The number of nitrogens with zero attached hydrogens (tertiary/aromatic N) is 4. The lowest BCUT2D eigenvalue weighted by Gasteiger charge is -2.24. The van der Waals surface area contributed by atoms with Crippen molar-refractivity contribution in [2.45, 2.75) is 45.2 Å². The molecule has 0 radical (unpaired) electrons. The van der Waals surface area contributed by atoms with Crippen LogP contribution in [0.2, 0.25) is 0 Å². The Morgan fingerprint density at radius 2 is 2.08 bits per heavy atom. The van der Waals surface area contributed by atoms with Gasteiger partial charge in [0.1, 0.15) is 5.82 Å². The number of rotatable bonds is 4. The van der Waals surface area contributed by atoms with Crippen molar-refractivity contribution in [3.05, 3.63) is 53.7 Å². The summed E-state index contributed by atoms with van der Waals surface area (Å²) >= 11 is 0. The molecule has 1 N–H and O–H groups in total. The molecule has 0 bridgehead atoms. The lowest BCUT2D eigenvalue weighted by Crippen LogP contribution is -2.41. The molecule has 0 fully saturated rings. The van der Waals surface area contributed by atoms with Crippen molar-refractivity contribution in [1.29, 1.82) is 0 Å². The van der Waals surface area contributed by atoms with Gasteiger partial charge in [0.05, 0.1) is 5.69 Å². The highest BCUT2D eigenvalue weighted by Crippen LogP contribution is 2.23. The molecule has 1 atom stereocenters. The van der Waals surface area contributed by atoms with Crippen LogP contribution >= 0.6 is 0 Å². The third-order valence-corrected chi connectivity index (χ3v) is 4.66. The highest BCUT2D eigenvalue weighted by molar-refractivity contribution is 5.91. The van der Waals surface area contributed by atoms with Gasteiger partial charge in [-0.05, 0) is 12.3 Å². The Hall–Kier alpha value is -2.96. The summed E-state index contributed by atoms with van der Waals surface area (Å²) in [6.07, 6.45) is 1.60. The molecule has 1 aliphatic rings. The fraction of sp³-hybridized carbons (Fsp3) is 0.368. The molecular formula is C19H21N5O2. The van der Waals surface area contributed by atoms with Gasteiger partial charge in [0, 0.05) is 30.6 Å². The zero-order chi connectivity index (χ0) is 18.1. The summed E-state index contributed by atoms with van der Waals surface area (Å²) in [5.41, 5.74) is 1.81. The molecular weight excluding hydrogens is 330 g/mol. The predicted molar refractivity (Wildman–Crippen MR) is 95.6 cm³/mol. The number of aromatic nitrogens is 4. The monoisotopic (exact) mass is 351 g/mol. The fourth-order valence-corrected chi connectivity index (χ4v) is 3.17. The Morgan fingerprint density at radius 1 is 1.27 bits per heavy atom. The van der Waals surface area contributed by atoms with Crippen LogP contribution in [0.25, 0.3) is 11.4 Å². The summed E-state index contributed by atoms with van der Waals surface area (Å²) in [5.74, 6) is 2.04. The van der Waals surface area contributed by atoms with Gasteiger partial charge in [-0.25, -0.2) is 0 Å². The average Bonchev–Trinajstić information content (AvgIpc) is 3.29. The molecule has 134 valence electrons. The fourth-order valence-electron chi connectivity index (χ4n) is 3.17. The summed E-state index contributed by atoms with van der Waals surface area (Å²) < 4.78 is 7.27. The molecule has 1 aliphatic heterocycles. The van der Waals surface area contributed by atoms with Gasteiger partial charge in [0.15, 0.2) is 5.82 Å². The van der Waals surface area contributed by atoms with E-state index in [0.29, 0.717) is 6.54 Å². The van der Waals surface area contributed by atoms with Gasteiger partial charge in [-0.2, -0.15) is 0 Å². The van der Waals surface area contributed by atoms with E-state index in [-0.39, 0.29) is 23.6 Å². The van der Waals surface area contributed by atoms with Crippen LogP contribution < -0.4 is 5.32 Å². The number of carbonyl (C=O) groups is 1. The first-order chi connectivity index (χ1) is 12.6. The third kappa shape index (κ3) is 3.12. The van der Waals surface area contributed by atoms with Gasteiger partial charge in [0.2, 0.25) is 5.76 Å². The standard InChI is InChI=1S/C19H21N5O2/c1-12(2)15-10-16(26-23-15)19(25)20-14-8-9-17-21-22-18(24(17)11-14)13-6-4-3-5-7-13/h3-7,10,12,14H,8-9,11H2,1-2H3,(H,20,25). The van der Waals surface area contributed by atoms with Crippen LogP contribution in [0.4, 0.5) is 0 Å². The summed E-state index contributed by atoms with van der Waals surface area (Å²) in [6, 6.07) is 11.7. The molecule has 0 saturated carbocycles. The van der Waals surface area contributed by atoms with E-state index in [1.54, 1.807) is 6.07 Å². The number of carbonyl (C=O) groups excluding carboxylic acids is 1. The van der Waals surface area contributed by atoms with Gasteiger partial charge >= 0.3 is 0 Å².